The van der Waals surface area contributed by atoms with Gasteiger partial charge in [0.25, 0.3) is 0 Å². The van der Waals surface area contributed by atoms with Crippen molar-refractivity contribution in [3.05, 3.63) is 22.5 Å². The highest BCUT2D eigenvalue weighted by Gasteiger charge is 2.18. The molecule has 1 rings (SSSR count). The molecule has 19 heavy (non-hydrogen) atoms. The minimum Gasteiger partial charge on any atom is -0.461 e. The molecule has 0 atom stereocenters. The largest absolute Gasteiger partial charge is 0.461 e. The first-order valence-corrected chi connectivity index (χ1v) is 7.46. The summed E-state index contributed by atoms with van der Waals surface area (Å²) in [6, 6.07) is 0. The lowest BCUT2D eigenvalue weighted by Crippen LogP contribution is -2.08. The third-order valence-corrected chi connectivity index (χ3v) is 3.64. The molecule has 3 nitrogen and oxygen atoms in total. The number of aromatic nitrogens is 1. The smallest absolute Gasteiger partial charge is 0.355 e. The molecule has 0 unspecified atom stereocenters. The first kappa shape index (κ1) is 15.8. The van der Waals surface area contributed by atoms with Crippen molar-refractivity contribution in [1.82, 2.24) is 4.98 Å². The molecule has 1 aromatic rings. The predicted octanol–water partition coefficient (Wildman–Crippen LogP) is 4.32. The molecule has 0 bridgehead atoms. The minimum absolute atomic E-state index is 0.220. The van der Waals surface area contributed by atoms with Crippen molar-refractivity contribution in [2.45, 2.75) is 66.2 Å². The highest BCUT2D eigenvalue weighted by atomic mass is 16.5. The van der Waals surface area contributed by atoms with Gasteiger partial charge in [-0.1, -0.05) is 32.6 Å². The maximum absolute atomic E-state index is 11.9. The molecule has 0 saturated heterocycles. The Morgan fingerprint density at radius 3 is 2.42 bits per heavy atom. The quantitative estimate of drug-likeness (QED) is 0.562. The third-order valence-electron chi connectivity index (χ3n) is 3.64. The molecule has 0 radical (unpaired) electrons. The molecule has 0 aliphatic rings. The van der Waals surface area contributed by atoms with Crippen LogP contribution in [0.5, 0.6) is 0 Å². The van der Waals surface area contributed by atoms with Crippen LogP contribution in [0.4, 0.5) is 0 Å². The van der Waals surface area contributed by atoms with Gasteiger partial charge in [-0.25, -0.2) is 4.79 Å². The summed E-state index contributed by atoms with van der Waals surface area (Å²) in [6.45, 7) is 8.57. The fourth-order valence-corrected chi connectivity index (χ4v) is 2.37. The summed E-state index contributed by atoms with van der Waals surface area (Å²) in [6.07, 6.45) is 7.19. The van der Waals surface area contributed by atoms with Crippen LogP contribution in [-0.4, -0.2) is 17.6 Å². The molecule has 1 heterocycles. The van der Waals surface area contributed by atoms with E-state index in [4.69, 9.17) is 4.74 Å². The lowest BCUT2D eigenvalue weighted by molar-refractivity contribution is 0.0518. The molecule has 0 spiro atoms. The molecule has 1 N–H and O–H groups in total. The SMILES string of the molecule is CCCCCCCc1c(C(=O)OCC)[nH]c(C)c1C. The second-order valence-electron chi connectivity index (χ2n) is 5.11. The lowest BCUT2D eigenvalue weighted by Gasteiger charge is -2.05. The van der Waals surface area contributed by atoms with E-state index in [0.29, 0.717) is 12.3 Å². The molecular formula is C16H27NO2. The van der Waals surface area contributed by atoms with Crippen molar-refractivity contribution >= 4 is 5.97 Å². The van der Waals surface area contributed by atoms with E-state index in [1.165, 1.54) is 31.2 Å². The van der Waals surface area contributed by atoms with Gasteiger partial charge >= 0.3 is 5.97 Å². The van der Waals surface area contributed by atoms with Crippen LogP contribution in [0, 0.1) is 13.8 Å². The second-order valence-corrected chi connectivity index (χ2v) is 5.11. The number of nitrogens with one attached hydrogen (secondary N) is 1. The van der Waals surface area contributed by atoms with Gasteiger partial charge in [0.15, 0.2) is 0 Å². The van der Waals surface area contributed by atoms with Gasteiger partial charge in [-0.3, -0.25) is 0 Å². The van der Waals surface area contributed by atoms with Crippen LogP contribution in [0.2, 0.25) is 0 Å². The predicted molar refractivity (Wildman–Crippen MR) is 78.7 cm³/mol. The Kier molecular flexibility index (Phi) is 6.68. The van der Waals surface area contributed by atoms with Crippen LogP contribution < -0.4 is 0 Å². The summed E-state index contributed by atoms with van der Waals surface area (Å²) in [5, 5.41) is 0. The Morgan fingerprint density at radius 1 is 1.11 bits per heavy atom. The zero-order chi connectivity index (χ0) is 14.3. The molecule has 1 aromatic heterocycles. The number of carbonyl (C=O) groups excluding carboxylic acids is 1. The van der Waals surface area contributed by atoms with Crippen molar-refractivity contribution < 1.29 is 9.53 Å². The van der Waals surface area contributed by atoms with E-state index in [2.05, 4.69) is 18.8 Å². The van der Waals surface area contributed by atoms with Crippen LogP contribution in [0.25, 0.3) is 0 Å². The van der Waals surface area contributed by atoms with Crippen LogP contribution in [-0.2, 0) is 11.2 Å². The van der Waals surface area contributed by atoms with E-state index in [1.54, 1.807) is 0 Å². The summed E-state index contributed by atoms with van der Waals surface area (Å²) in [5.74, 6) is -0.220. The monoisotopic (exact) mass is 265 g/mol. The van der Waals surface area contributed by atoms with Gasteiger partial charge in [0.1, 0.15) is 5.69 Å². The first-order chi connectivity index (χ1) is 9.11. The maximum Gasteiger partial charge on any atom is 0.355 e. The topological polar surface area (TPSA) is 42.1 Å². The van der Waals surface area contributed by atoms with E-state index in [0.717, 1.165) is 24.1 Å². The zero-order valence-electron chi connectivity index (χ0n) is 12.8. The van der Waals surface area contributed by atoms with E-state index < -0.39 is 0 Å². The van der Waals surface area contributed by atoms with Gasteiger partial charge in [-0.15, -0.1) is 0 Å². The number of carbonyl (C=O) groups is 1. The number of unbranched alkanes of at least 4 members (excludes halogenated alkanes) is 4. The molecule has 0 fully saturated rings. The van der Waals surface area contributed by atoms with E-state index in [9.17, 15) is 4.79 Å². The van der Waals surface area contributed by atoms with Gasteiger partial charge in [0, 0.05) is 5.69 Å². The molecule has 3 heteroatoms. The number of rotatable bonds is 8. The average molecular weight is 265 g/mol. The fourth-order valence-electron chi connectivity index (χ4n) is 2.37. The first-order valence-electron chi connectivity index (χ1n) is 7.46. The van der Waals surface area contributed by atoms with E-state index >= 15 is 0 Å². The summed E-state index contributed by atoms with van der Waals surface area (Å²) in [5.41, 5.74) is 4.09. The number of hydrogen-bond donors (Lipinski definition) is 1. The number of esters is 1. The number of hydrogen-bond acceptors (Lipinski definition) is 2. The van der Waals surface area contributed by atoms with Crippen LogP contribution in [0.15, 0.2) is 0 Å². The highest BCUT2D eigenvalue weighted by Crippen LogP contribution is 2.21. The Hall–Kier alpha value is -1.25. The highest BCUT2D eigenvalue weighted by molar-refractivity contribution is 5.89. The molecular weight excluding hydrogens is 238 g/mol. The molecule has 0 aliphatic carbocycles. The molecule has 0 aromatic carbocycles. The Bertz CT molecular complexity index is 407. The summed E-state index contributed by atoms with van der Waals surface area (Å²) < 4.78 is 5.11. The Morgan fingerprint density at radius 2 is 1.79 bits per heavy atom. The Labute approximate surface area is 116 Å². The number of aryl methyl sites for hydroxylation is 1. The molecule has 108 valence electrons. The molecule has 0 aliphatic heterocycles. The number of ether oxygens (including phenoxy) is 1. The van der Waals surface area contributed by atoms with Crippen molar-refractivity contribution in [1.29, 1.82) is 0 Å². The van der Waals surface area contributed by atoms with Gasteiger partial charge < -0.3 is 9.72 Å². The molecule has 0 saturated carbocycles. The van der Waals surface area contributed by atoms with E-state index in [1.807, 2.05) is 13.8 Å². The van der Waals surface area contributed by atoms with Gasteiger partial charge in [0.2, 0.25) is 0 Å². The summed E-state index contributed by atoms with van der Waals surface area (Å²) >= 11 is 0. The number of H-pyrrole nitrogens is 1. The van der Waals surface area contributed by atoms with Crippen LogP contribution >= 0.6 is 0 Å². The standard InChI is InChI=1S/C16H27NO2/c1-5-7-8-9-10-11-14-12(3)13(4)17-15(14)16(18)19-6-2/h17H,5-11H2,1-4H3. The van der Waals surface area contributed by atoms with Crippen molar-refractivity contribution in [3.63, 3.8) is 0 Å². The van der Waals surface area contributed by atoms with Crippen molar-refractivity contribution in [2.24, 2.45) is 0 Å². The van der Waals surface area contributed by atoms with Crippen molar-refractivity contribution in [3.8, 4) is 0 Å². The second kappa shape index (κ2) is 8.03. The van der Waals surface area contributed by atoms with Crippen LogP contribution in [0.1, 0.15) is 73.3 Å². The molecule has 0 amide bonds. The number of aromatic amines is 1. The maximum atomic E-state index is 11.9. The zero-order valence-corrected chi connectivity index (χ0v) is 12.8. The van der Waals surface area contributed by atoms with Crippen molar-refractivity contribution in [2.75, 3.05) is 6.61 Å². The van der Waals surface area contributed by atoms with Gasteiger partial charge in [0.05, 0.1) is 6.61 Å². The lowest BCUT2D eigenvalue weighted by atomic mass is 10.0. The summed E-state index contributed by atoms with van der Waals surface area (Å²) in [7, 11) is 0. The minimum atomic E-state index is -0.220. The normalized spacial score (nSPS) is 10.7. The Balaban J connectivity index is 2.67. The fraction of sp³-hybridized carbons (Fsp3) is 0.688. The summed E-state index contributed by atoms with van der Waals surface area (Å²) in [4.78, 5) is 15.1. The van der Waals surface area contributed by atoms with Gasteiger partial charge in [-0.05, 0) is 44.7 Å². The third kappa shape index (κ3) is 4.41. The van der Waals surface area contributed by atoms with Crippen LogP contribution in [0.3, 0.4) is 0 Å². The van der Waals surface area contributed by atoms with Gasteiger partial charge in [-0.2, -0.15) is 0 Å². The van der Waals surface area contributed by atoms with E-state index in [-0.39, 0.29) is 5.97 Å². The average Bonchev–Trinajstić information content (AvgIpc) is 2.67.